The zero-order valence-corrected chi connectivity index (χ0v) is 17.7. The molecular formula is C19H18ClFN6O2S. The third kappa shape index (κ3) is 5.55. The van der Waals surface area contributed by atoms with Gasteiger partial charge in [0.05, 0.1) is 28.6 Å². The van der Waals surface area contributed by atoms with E-state index < -0.39 is 11.1 Å². The van der Waals surface area contributed by atoms with Crippen LogP contribution in [0.25, 0.3) is 0 Å². The normalized spacial score (nSPS) is 11.7. The molecule has 0 aliphatic heterocycles. The van der Waals surface area contributed by atoms with Gasteiger partial charge in [-0.2, -0.15) is 0 Å². The number of aromatic nitrogens is 4. The van der Waals surface area contributed by atoms with Gasteiger partial charge in [0.25, 0.3) is 0 Å². The molecule has 11 heteroatoms. The van der Waals surface area contributed by atoms with Crippen molar-refractivity contribution >= 4 is 46.6 Å². The number of halogens is 2. The largest absolute Gasteiger partial charge is 0.326 e. The number of amides is 2. The predicted octanol–water partition coefficient (Wildman–Crippen LogP) is 3.30. The Hall–Kier alpha value is -2.98. The minimum absolute atomic E-state index is 0.0463. The molecule has 0 saturated heterocycles. The molecule has 0 aliphatic carbocycles. The summed E-state index contributed by atoms with van der Waals surface area (Å²) in [5, 5.41) is 13.5. The molecule has 30 heavy (non-hydrogen) atoms. The number of thioether (sulfide) groups is 1. The van der Waals surface area contributed by atoms with Crippen molar-refractivity contribution in [3.05, 3.63) is 59.4 Å². The Labute approximate surface area is 181 Å². The number of carbonyl (C=O) groups excluding carboxylic acids is 2. The van der Waals surface area contributed by atoms with Gasteiger partial charge >= 0.3 is 0 Å². The van der Waals surface area contributed by atoms with Gasteiger partial charge in [-0.05, 0) is 37.3 Å². The molecule has 0 fully saturated rings. The zero-order chi connectivity index (χ0) is 21.7. The van der Waals surface area contributed by atoms with Gasteiger partial charge in [0, 0.05) is 18.9 Å². The fourth-order valence-electron chi connectivity index (χ4n) is 2.42. The number of hydrogen-bond donors (Lipinski definition) is 2. The van der Waals surface area contributed by atoms with E-state index in [0.717, 1.165) is 0 Å². The van der Waals surface area contributed by atoms with E-state index in [4.69, 9.17) is 11.6 Å². The van der Waals surface area contributed by atoms with Crippen molar-refractivity contribution < 1.29 is 14.0 Å². The van der Waals surface area contributed by atoms with Crippen LogP contribution in [-0.4, -0.2) is 36.8 Å². The second-order valence-electron chi connectivity index (χ2n) is 6.30. The molecule has 2 heterocycles. The van der Waals surface area contributed by atoms with Crippen LogP contribution in [0.2, 0.25) is 5.02 Å². The number of nitrogens with zero attached hydrogens (tertiary/aromatic N) is 4. The van der Waals surface area contributed by atoms with E-state index in [1.165, 1.54) is 30.0 Å². The minimum atomic E-state index is -0.564. The Morgan fingerprint density at radius 2 is 2.03 bits per heavy atom. The molecule has 1 unspecified atom stereocenters. The molecule has 0 aliphatic rings. The SMILES string of the molecule is CC(Sc1nnc(CC(=O)Nc2ccc(F)c(Cl)c2)n1C)C(=O)Nc1cccnc1. The summed E-state index contributed by atoms with van der Waals surface area (Å²) < 4.78 is 14.9. The second kappa shape index (κ2) is 9.68. The lowest BCUT2D eigenvalue weighted by molar-refractivity contribution is -0.116. The molecule has 1 aromatic carbocycles. The van der Waals surface area contributed by atoms with Crippen molar-refractivity contribution in [3.63, 3.8) is 0 Å². The average Bonchev–Trinajstić information content (AvgIpc) is 3.05. The summed E-state index contributed by atoms with van der Waals surface area (Å²) in [6.45, 7) is 1.75. The smallest absolute Gasteiger partial charge is 0.237 e. The molecule has 0 spiro atoms. The van der Waals surface area contributed by atoms with Crippen LogP contribution in [0.5, 0.6) is 0 Å². The number of carbonyl (C=O) groups is 2. The third-order valence-corrected chi connectivity index (χ3v) is 5.45. The van der Waals surface area contributed by atoms with Gasteiger partial charge in [-0.3, -0.25) is 14.6 Å². The summed E-state index contributed by atoms with van der Waals surface area (Å²) in [4.78, 5) is 28.6. The number of pyridine rings is 1. The molecular weight excluding hydrogens is 431 g/mol. The molecule has 3 aromatic rings. The van der Waals surface area contributed by atoms with Crippen LogP contribution in [0.3, 0.4) is 0 Å². The average molecular weight is 449 g/mol. The monoisotopic (exact) mass is 448 g/mol. The first-order valence-corrected chi connectivity index (χ1v) is 10.1. The van der Waals surface area contributed by atoms with Crippen molar-refractivity contribution in [2.75, 3.05) is 10.6 Å². The molecule has 2 N–H and O–H groups in total. The molecule has 2 aromatic heterocycles. The lowest BCUT2D eigenvalue weighted by Crippen LogP contribution is -2.23. The van der Waals surface area contributed by atoms with Crippen LogP contribution in [0.1, 0.15) is 12.7 Å². The molecule has 2 amide bonds. The fourth-order valence-corrected chi connectivity index (χ4v) is 3.43. The Morgan fingerprint density at radius 1 is 1.23 bits per heavy atom. The minimum Gasteiger partial charge on any atom is -0.326 e. The van der Waals surface area contributed by atoms with Crippen LogP contribution in [0.4, 0.5) is 15.8 Å². The van der Waals surface area contributed by atoms with Gasteiger partial charge in [0.1, 0.15) is 11.6 Å². The number of benzene rings is 1. The highest BCUT2D eigenvalue weighted by Gasteiger charge is 2.20. The first-order valence-electron chi connectivity index (χ1n) is 8.84. The lowest BCUT2D eigenvalue weighted by atomic mass is 10.3. The second-order valence-corrected chi connectivity index (χ2v) is 8.02. The summed E-state index contributed by atoms with van der Waals surface area (Å²) in [5.41, 5.74) is 0.982. The van der Waals surface area contributed by atoms with Gasteiger partial charge in [-0.15, -0.1) is 10.2 Å². The highest BCUT2D eigenvalue weighted by molar-refractivity contribution is 8.00. The van der Waals surface area contributed by atoms with Crippen LogP contribution >= 0.6 is 23.4 Å². The van der Waals surface area contributed by atoms with E-state index in [1.807, 2.05) is 0 Å². The van der Waals surface area contributed by atoms with E-state index in [-0.39, 0.29) is 23.3 Å². The first kappa shape index (κ1) is 21.7. The maximum Gasteiger partial charge on any atom is 0.237 e. The van der Waals surface area contributed by atoms with E-state index in [9.17, 15) is 14.0 Å². The number of nitrogens with one attached hydrogen (secondary N) is 2. The quantitative estimate of drug-likeness (QED) is 0.538. The summed E-state index contributed by atoms with van der Waals surface area (Å²) in [7, 11) is 1.71. The van der Waals surface area contributed by atoms with Crippen molar-refractivity contribution in [1.29, 1.82) is 0 Å². The van der Waals surface area contributed by atoms with Crippen LogP contribution in [-0.2, 0) is 23.1 Å². The standard InChI is InChI=1S/C19H18ClFN6O2S/c1-11(18(29)24-13-4-3-7-22-10-13)30-19-26-25-16(27(19)2)9-17(28)23-12-5-6-15(21)14(20)8-12/h3-8,10-11H,9H2,1-2H3,(H,23,28)(H,24,29). The Kier molecular flexibility index (Phi) is 7.01. The topological polar surface area (TPSA) is 102 Å². The molecule has 0 saturated carbocycles. The van der Waals surface area contributed by atoms with Gasteiger partial charge < -0.3 is 15.2 Å². The van der Waals surface area contributed by atoms with Crippen LogP contribution < -0.4 is 10.6 Å². The summed E-state index contributed by atoms with van der Waals surface area (Å²) in [6, 6.07) is 7.39. The number of hydrogen-bond acceptors (Lipinski definition) is 6. The molecule has 8 nitrogen and oxygen atoms in total. The predicted molar refractivity (Wildman–Crippen MR) is 113 cm³/mol. The van der Waals surface area contributed by atoms with Crippen LogP contribution in [0, 0.1) is 5.82 Å². The van der Waals surface area contributed by atoms with E-state index >= 15 is 0 Å². The third-order valence-electron chi connectivity index (χ3n) is 4.03. The molecule has 0 bridgehead atoms. The molecule has 1 atom stereocenters. The lowest BCUT2D eigenvalue weighted by Gasteiger charge is -2.11. The highest BCUT2D eigenvalue weighted by atomic mass is 35.5. The maximum absolute atomic E-state index is 13.2. The molecule has 0 radical (unpaired) electrons. The van der Waals surface area contributed by atoms with E-state index in [2.05, 4.69) is 25.8 Å². The van der Waals surface area contributed by atoms with Crippen molar-refractivity contribution in [2.24, 2.45) is 7.05 Å². The zero-order valence-electron chi connectivity index (χ0n) is 16.1. The number of rotatable bonds is 7. The van der Waals surface area contributed by atoms with Gasteiger partial charge in [-0.25, -0.2) is 4.39 Å². The van der Waals surface area contributed by atoms with Crippen molar-refractivity contribution in [2.45, 2.75) is 23.8 Å². The maximum atomic E-state index is 13.2. The first-order chi connectivity index (χ1) is 14.3. The summed E-state index contributed by atoms with van der Waals surface area (Å²) >= 11 is 6.94. The highest BCUT2D eigenvalue weighted by Crippen LogP contribution is 2.23. The summed E-state index contributed by atoms with van der Waals surface area (Å²) in [6.07, 6.45) is 3.13. The Balaban J connectivity index is 1.58. The number of anilines is 2. The van der Waals surface area contributed by atoms with Gasteiger partial charge in [0.2, 0.25) is 11.8 Å². The Morgan fingerprint density at radius 3 is 2.73 bits per heavy atom. The van der Waals surface area contributed by atoms with Gasteiger partial charge in [-0.1, -0.05) is 23.4 Å². The van der Waals surface area contributed by atoms with Gasteiger partial charge in [0.15, 0.2) is 5.16 Å². The molecule has 3 rings (SSSR count). The Bertz CT molecular complexity index is 1060. The van der Waals surface area contributed by atoms with Crippen molar-refractivity contribution in [1.82, 2.24) is 19.7 Å². The molecule has 156 valence electrons. The van der Waals surface area contributed by atoms with E-state index in [0.29, 0.717) is 22.4 Å². The van der Waals surface area contributed by atoms with E-state index in [1.54, 1.807) is 43.1 Å². The fraction of sp³-hybridized carbons (Fsp3) is 0.211. The van der Waals surface area contributed by atoms with Crippen LogP contribution in [0.15, 0.2) is 47.9 Å². The van der Waals surface area contributed by atoms with Crippen molar-refractivity contribution in [3.8, 4) is 0 Å². The summed E-state index contributed by atoms with van der Waals surface area (Å²) in [5.74, 6) is -0.704.